The van der Waals surface area contributed by atoms with Crippen LogP contribution in [-0.4, -0.2) is 30.8 Å². The molecule has 3 amide bonds. The van der Waals surface area contributed by atoms with E-state index >= 15 is 0 Å². The van der Waals surface area contributed by atoms with E-state index in [2.05, 4.69) is 10.6 Å². The number of nitrogens with two attached hydrogens (primary N) is 1. The van der Waals surface area contributed by atoms with E-state index in [1.54, 1.807) is 0 Å². The summed E-state index contributed by atoms with van der Waals surface area (Å²) in [6, 6.07) is -0.647. The highest BCUT2D eigenvalue weighted by molar-refractivity contribution is 5.81. The number of carbonyl (C=O) groups is 3. The highest BCUT2D eigenvalue weighted by Gasteiger charge is 2.22. The van der Waals surface area contributed by atoms with E-state index in [-0.39, 0.29) is 11.8 Å². The summed E-state index contributed by atoms with van der Waals surface area (Å²) >= 11 is 0. The van der Waals surface area contributed by atoms with Gasteiger partial charge in [-0.1, -0.05) is 12.8 Å². The van der Waals surface area contributed by atoms with Crippen LogP contribution in [0.3, 0.4) is 0 Å². The van der Waals surface area contributed by atoms with Crippen molar-refractivity contribution in [2.24, 2.45) is 11.7 Å². The summed E-state index contributed by atoms with van der Waals surface area (Å²) in [7, 11) is 0. The Balaban J connectivity index is 2.14. The number of amides is 3. The largest absolute Gasteiger partial charge is 0.368 e. The molecule has 0 spiro atoms. The third-order valence-corrected chi connectivity index (χ3v) is 3.31. The molecule has 1 aliphatic rings. The molecule has 0 radical (unpaired) electrons. The number of carbonyl (C=O) groups excluding carboxylic acids is 3. The number of nitrogens with one attached hydrogen (secondary N) is 2. The van der Waals surface area contributed by atoms with Crippen LogP contribution in [0, 0.1) is 5.92 Å². The van der Waals surface area contributed by atoms with E-state index in [4.69, 9.17) is 5.73 Å². The standard InChI is InChI=1S/C12H21N3O3/c13-11(17)10(15-8-16)6-3-7-14-12(18)9-4-1-2-5-9/h8-10H,1-7H2,(H2,13,17)(H,14,18)(H,15,16). The maximum atomic E-state index is 11.7. The second-order valence-electron chi connectivity index (χ2n) is 4.65. The first kappa shape index (κ1) is 14.5. The van der Waals surface area contributed by atoms with Gasteiger partial charge in [-0.25, -0.2) is 0 Å². The maximum absolute atomic E-state index is 11.7. The third kappa shape index (κ3) is 4.73. The van der Waals surface area contributed by atoms with E-state index in [9.17, 15) is 14.4 Å². The normalized spacial score (nSPS) is 17.1. The van der Waals surface area contributed by atoms with Crippen molar-refractivity contribution in [2.75, 3.05) is 6.54 Å². The van der Waals surface area contributed by atoms with Crippen LogP contribution in [0.15, 0.2) is 0 Å². The molecule has 0 aromatic carbocycles. The second-order valence-corrected chi connectivity index (χ2v) is 4.65. The van der Waals surface area contributed by atoms with Crippen molar-refractivity contribution in [3.8, 4) is 0 Å². The lowest BCUT2D eigenvalue weighted by atomic mass is 10.1. The third-order valence-electron chi connectivity index (χ3n) is 3.31. The first-order valence-electron chi connectivity index (χ1n) is 6.42. The van der Waals surface area contributed by atoms with Gasteiger partial charge in [0.1, 0.15) is 6.04 Å². The summed E-state index contributed by atoms with van der Waals surface area (Å²) in [6.07, 6.45) is 5.74. The predicted octanol–water partition coefficient (Wildman–Crippen LogP) is -0.327. The molecule has 0 aliphatic heterocycles. The average molecular weight is 255 g/mol. The molecule has 0 aromatic rings. The summed E-state index contributed by atoms with van der Waals surface area (Å²) in [4.78, 5) is 32.9. The van der Waals surface area contributed by atoms with Gasteiger partial charge >= 0.3 is 0 Å². The Morgan fingerprint density at radius 3 is 2.56 bits per heavy atom. The zero-order valence-corrected chi connectivity index (χ0v) is 10.5. The minimum Gasteiger partial charge on any atom is -0.368 e. The van der Waals surface area contributed by atoms with Crippen LogP contribution >= 0.6 is 0 Å². The number of hydrogen-bond acceptors (Lipinski definition) is 3. The fraction of sp³-hybridized carbons (Fsp3) is 0.750. The molecule has 1 atom stereocenters. The minimum atomic E-state index is -0.647. The Kier molecular flexibility index (Phi) is 6.18. The summed E-state index contributed by atoms with van der Waals surface area (Å²) in [5, 5.41) is 5.21. The van der Waals surface area contributed by atoms with Crippen LogP contribution in [0.2, 0.25) is 0 Å². The monoisotopic (exact) mass is 255 g/mol. The van der Waals surface area contributed by atoms with Gasteiger partial charge < -0.3 is 16.4 Å². The molecule has 4 N–H and O–H groups in total. The zero-order chi connectivity index (χ0) is 13.4. The quantitative estimate of drug-likeness (QED) is 0.409. The molecule has 6 nitrogen and oxygen atoms in total. The molecule has 1 rings (SSSR count). The molecule has 0 aromatic heterocycles. The van der Waals surface area contributed by atoms with Gasteiger partial charge in [-0.15, -0.1) is 0 Å². The van der Waals surface area contributed by atoms with Gasteiger partial charge in [-0.2, -0.15) is 0 Å². The van der Waals surface area contributed by atoms with Crippen molar-refractivity contribution in [3.05, 3.63) is 0 Å². The van der Waals surface area contributed by atoms with Crippen LogP contribution in [-0.2, 0) is 14.4 Å². The Morgan fingerprint density at radius 1 is 1.33 bits per heavy atom. The highest BCUT2D eigenvalue weighted by atomic mass is 16.2. The molecule has 0 heterocycles. The molecule has 1 saturated carbocycles. The van der Waals surface area contributed by atoms with E-state index in [1.807, 2.05) is 0 Å². The Bertz CT molecular complexity index is 301. The topological polar surface area (TPSA) is 101 Å². The molecular formula is C12H21N3O3. The van der Waals surface area contributed by atoms with E-state index in [0.717, 1.165) is 25.7 Å². The maximum Gasteiger partial charge on any atom is 0.239 e. The number of rotatable bonds is 8. The SMILES string of the molecule is NC(=O)C(CCCNC(=O)C1CCCC1)NC=O. The second kappa shape index (κ2) is 7.68. The van der Waals surface area contributed by atoms with E-state index < -0.39 is 11.9 Å². The van der Waals surface area contributed by atoms with Gasteiger partial charge in [0.15, 0.2) is 0 Å². The first-order chi connectivity index (χ1) is 8.65. The molecule has 6 heteroatoms. The van der Waals surface area contributed by atoms with Crippen molar-refractivity contribution >= 4 is 18.2 Å². The van der Waals surface area contributed by atoms with Crippen LogP contribution in [0.5, 0.6) is 0 Å². The highest BCUT2D eigenvalue weighted by Crippen LogP contribution is 2.24. The molecule has 0 saturated heterocycles. The molecule has 0 bridgehead atoms. The molecular weight excluding hydrogens is 234 g/mol. The zero-order valence-electron chi connectivity index (χ0n) is 10.5. The fourth-order valence-electron chi connectivity index (χ4n) is 2.24. The number of hydrogen-bond donors (Lipinski definition) is 3. The molecule has 1 unspecified atom stereocenters. The van der Waals surface area contributed by atoms with Crippen molar-refractivity contribution in [2.45, 2.75) is 44.6 Å². The van der Waals surface area contributed by atoms with Gasteiger partial charge in [-0.3, -0.25) is 14.4 Å². The Hall–Kier alpha value is -1.59. The van der Waals surface area contributed by atoms with Crippen molar-refractivity contribution in [3.63, 3.8) is 0 Å². The van der Waals surface area contributed by atoms with Crippen LogP contribution in [0.4, 0.5) is 0 Å². The van der Waals surface area contributed by atoms with Crippen molar-refractivity contribution < 1.29 is 14.4 Å². The van der Waals surface area contributed by atoms with E-state index in [0.29, 0.717) is 25.8 Å². The van der Waals surface area contributed by atoms with E-state index in [1.165, 1.54) is 0 Å². The van der Waals surface area contributed by atoms with Crippen molar-refractivity contribution in [1.82, 2.24) is 10.6 Å². The van der Waals surface area contributed by atoms with Crippen molar-refractivity contribution in [1.29, 1.82) is 0 Å². The average Bonchev–Trinajstić information content (AvgIpc) is 2.86. The molecule has 1 aliphatic carbocycles. The van der Waals surface area contributed by atoms with Gasteiger partial charge in [0.25, 0.3) is 0 Å². The molecule has 18 heavy (non-hydrogen) atoms. The minimum absolute atomic E-state index is 0.103. The summed E-state index contributed by atoms with van der Waals surface area (Å²) < 4.78 is 0. The predicted molar refractivity (Wildman–Crippen MR) is 66.4 cm³/mol. The molecule has 1 fully saturated rings. The van der Waals surface area contributed by atoms with Gasteiger partial charge in [-0.05, 0) is 25.7 Å². The van der Waals surface area contributed by atoms with Gasteiger partial charge in [0, 0.05) is 12.5 Å². The van der Waals surface area contributed by atoms with Crippen LogP contribution in [0.25, 0.3) is 0 Å². The van der Waals surface area contributed by atoms with Crippen LogP contribution < -0.4 is 16.4 Å². The lowest BCUT2D eigenvalue weighted by Gasteiger charge is -2.13. The lowest BCUT2D eigenvalue weighted by molar-refractivity contribution is -0.124. The van der Waals surface area contributed by atoms with Crippen LogP contribution in [0.1, 0.15) is 38.5 Å². The smallest absolute Gasteiger partial charge is 0.239 e. The number of primary amides is 1. The van der Waals surface area contributed by atoms with Gasteiger partial charge in [0.05, 0.1) is 0 Å². The summed E-state index contributed by atoms with van der Waals surface area (Å²) in [6.45, 7) is 0.514. The Morgan fingerprint density at radius 2 is 2.00 bits per heavy atom. The van der Waals surface area contributed by atoms with Gasteiger partial charge in [0.2, 0.25) is 18.2 Å². The first-order valence-corrected chi connectivity index (χ1v) is 6.42. The molecule has 102 valence electrons. The lowest BCUT2D eigenvalue weighted by Crippen LogP contribution is -2.41. The summed E-state index contributed by atoms with van der Waals surface area (Å²) in [5.41, 5.74) is 5.12. The summed E-state index contributed by atoms with van der Waals surface area (Å²) in [5.74, 6) is -0.291. The fourth-order valence-corrected chi connectivity index (χ4v) is 2.24. The Labute approximate surface area is 107 Å².